The molecule has 0 aliphatic rings. The van der Waals surface area contributed by atoms with Gasteiger partial charge in [0.05, 0.1) is 24.0 Å². The van der Waals surface area contributed by atoms with Crippen LogP contribution in [0.25, 0.3) is 22.0 Å². The molecule has 8 nitrogen and oxygen atoms in total. The quantitative estimate of drug-likeness (QED) is 0.563. The number of amides is 1. The number of hydrogen-bond acceptors (Lipinski definition) is 6. The van der Waals surface area contributed by atoms with E-state index in [9.17, 15) is 4.79 Å². The smallest absolute Gasteiger partial charge is 0.257 e. The summed E-state index contributed by atoms with van der Waals surface area (Å²) in [5.74, 6) is 0.560. The van der Waals surface area contributed by atoms with Gasteiger partial charge in [-0.25, -0.2) is 9.97 Å². The number of carbonyl (C=O) groups excluding carboxylic acids is 1. The van der Waals surface area contributed by atoms with Gasteiger partial charge in [-0.3, -0.25) is 14.5 Å². The predicted octanol–water partition coefficient (Wildman–Crippen LogP) is 3.46. The first kappa shape index (κ1) is 18.5. The van der Waals surface area contributed by atoms with E-state index < -0.39 is 0 Å². The minimum absolute atomic E-state index is 0.0236. The Hall–Kier alpha value is -3.81. The fourth-order valence-corrected chi connectivity index (χ4v) is 2.87. The Kier molecular flexibility index (Phi) is 4.90. The van der Waals surface area contributed by atoms with Crippen LogP contribution in [-0.2, 0) is 7.05 Å². The zero-order chi connectivity index (χ0) is 20.4. The molecule has 0 radical (unpaired) electrons. The molecular weight excluding hydrogens is 368 g/mol. The summed E-state index contributed by atoms with van der Waals surface area (Å²) in [5, 5.41) is 7.88. The highest BCUT2D eigenvalue weighted by Crippen LogP contribution is 2.23. The van der Waals surface area contributed by atoms with Gasteiger partial charge in [-0.15, -0.1) is 0 Å². The second-order valence-corrected chi connectivity index (χ2v) is 6.89. The largest absolute Gasteiger partial charge is 0.475 e. The van der Waals surface area contributed by atoms with Crippen LogP contribution in [0.2, 0.25) is 0 Å². The molecule has 146 valence electrons. The molecule has 0 bridgehead atoms. The first-order valence-corrected chi connectivity index (χ1v) is 9.17. The van der Waals surface area contributed by atoms with Crippen molar-refractivity contribution in [1.29, 1.82) is 0 Å². The molecule has 29 heavy (non-hydrogen) atoms. The van der Waals surface area contributed by atoms with Gasteiger partial charge in [0.1, 0.15) is 5.82 Å². The molecule has 4 heterocycles. The summed E-state index contributed by atoms with van der Waals surface area (Å²) in [5.41, 5.74) is 3.10. The number of nitrogens with zero attached hydrogens (tertiary/aromatic N) is 5. The maximum atomic E-state index is 12.6. The van der Waals surface area contributed by atoms with Crippen LogP contribution in [0.1, 0.15) is 24.2 Å². The van der Waals surface area contributed by atoms with Crippen molar-refractivity contribution in [1.82, 2.24) is 24.7 Å². The molecule has 1 amide bonds. The lowest BCUT2D eigenvalue weighted by molar-refractivity contribution is 0.102. The number of carbonyl (C=O) groups is 1. The Labute approximate surface area is 167 Å². The van der Waals surface area contributed by atoms with Crippen molar-refractivity contribution in [2.45, 2.75) is 20.0 Å². The topological polar surface area (TPSA) is 94.8 Å². The summed E-state index contributed by atoms with van der Waals surface area (Å²) in [4.78, 5) is 25.5. The zero-order valence-corrected chi connectivity index (χ0v) is 16.3. The lowest BCUT2D eigenvalue weighted by atomic mass is 10.1. The highest BCUT2D eigenvalue weighted by atomic mass is 16.5. The fraction of sp³-hybridized carbons (Fsp3) is 0.190. The number of rotatable bonds is 5. The third-order valence-corrected chi connectivity index (χ3v) is 4.20. The Bertz CT molecular complexity index is 1180. The van der Waals surface area contributed by atoms with E-state index in [1.54, 1.807) is 47.7 Å². The minimum atomic E-state index is -0.288. The van der Waals surface area contributed by atoms with Gasteiger partial charge < -0.3 is 10.1 Å². The van der Waals surface area contributed by atoms with Gasteiger partial charge in [-0.05, 0) is 32.0 Å². The van der Waals surface area contributed by atoms with E-state index in [2.05, 4.69) is 25.4 Å². The molecule has 0 saturated heterocycles. The minimum Gasteiger partial charge on any atom is -0.475 e. The van der Waals surface area contributed by atoms with Crippen LogP contribution < -0.4 is 10.1 Å². The van der Waals surface area contributed by atoms with Crippen molar-refractivity contribution in [3.8, 4) is 17.0 Å². The number of hydrogen-bond donors (Lipinski definition) is 1. The van der Waals surface area contributed by atoms with Gasteiger partial charge >= 0.3 is 0 Å². The van der Waals surface area contributed by atoms with Gasteiger partial charge in [-0.1, -0.05) is 0 Å². The summed E-state index contributed by atoms with van der Waals surface area (Å²) in [7, 11) is 1.87. The predicted molar refractivity (Wildman–Crippen MR) is 110 cm³/mol. The van der Waals surface area contributed by atoms with Crippen LogP contribution >= 0.6 is 0 Å². The first-order valence-electron chi connectivity index (χ1n) is 9.17. The number of fused-ring (bicyclic) bond motifs is 1. The molecule has 4 rings (SSSR count). The van der Waals surface area contributed by atoms with Crippen LogP contribution in [0.4, 0.5) is 5.82 Å². The number of anilines is 1. The van der Waals surface area contributed by atoms with Gasteiger partial charge in [0.2, 0.25) is 5.88 Å². The van der Waals surface area contributed by atoms with Crippen LogP contribution in [0.5, 0.6) is 5.88 Å². The summed E-state index contributed by atoms with van der Waals surface area (Å²) in [6.45, 7) is 3.81. The maximum Gasteiger partial charge on any atom is 0.257 e. The summed E-state index contributed by atoms with van der Waals surface area (Å²) < 4.78 is 7.29. The third-order valence-electron chi connectivity index (χ3n) is 4.20. The molecule has 0 saturated carbocycles. The zero-order valence-electron chi connectivity index (χ0n) is 16.3. The van der Waals surface area contributed by atoms with E-state index in [4.69, 9.17) is 4.74 Å². The van der Waals surface area contributed by atoms with Crippen molar-refractivity contribution in [2.75, 3.05) is 5.32 Å². The van der Waals surface area contributed by atoms with E-state index in [0.29, 0.717) is 17.3 Å². The second kappa shape index (κ2) is 7.67. The normalized spacial score (nSPS) is 11.0. The van der Waals surface area contributed by atoms with E-state index in [1.165, 1.54) is 0 Å². The molecule has 1 N–H and O–H groups in total. The van der Waals surface area contributed by atoms with Crippen LogP contribution in [0.3, 0.4) is 0 Å². The van der Waals surface area contributed by atoms with Crippen molar-refractivity contribution < 1.29 is 9.53 Å². The monoisotopic (exact) mass is 388 g/mol. The Morgan fingerprint density at radius 3 is 2.69 bits per heavy atom. The molecule has 0 aliphatic carbocycles. The van der Waals surface area contributed by atoms with Gasteiger partial charge in [0.15, 0.2) is 0 Å². The van der Waals surface area contributed by atoms with Crippen LogP contribution in [-0.4, -0.2) is 36.7 Å². The SMILES string of the molecule is CC(C)Oc1cc(C(=O)Nc2cc3cc(-c4cnn(C)c4)cnc3cn2)ccn1. The average molecular weight is 388 g/mol. The highest BCUT2D eigenvalue weighted by molar-refractivity contribution is 6.04. The number of nitrogens with one attached hydrogen (secondary N) is 1. The second-order valence-electron chi connectivity index (χ2n) is 6.89. The van der Waals surface area contributed by atoms with Crippen molar-refractivity contribution in [2.24, 2.45) is 7.05 Å². The summed E-state index contributed by atoms with van der Waals surface area (Å²) in [6, 6.07) is 7.04. The van der Waals surface area contributed by atoms with Crippen molar-refractivity contribution >= 4 is 22.6 Å². The number of aromatic nitrogens is 5. The lowest BCUT2D eigenvalue weighted by Gasteiger charge is -2.10. The molecule has 0 fully saturated rings. The molecule has 0 aliphatic heterocycles. The summed E-state index contributed by atoms with van der Waals surface area (Å²) in [6.07, 6.45) is 8.65. The molecule has 0 aromatic carbocycles. The molecule has 4 aromatic rings. The van der Waals surface area contributed by atoms with Crippen LogP contribution in [0.15, 0.2) is 55.2 Å². The standard InChI is InChI=1S/C21H20N6O2/c1-13(2)29-20-8-14(4-5-22-20)21(28)26-19-7-15-6-16(9-23-18(15)11-24-19)17-10-25-27(3)12-17/h4-13H,1-3H3,(H,24,26,28). The molecule has 0 unspecified atom stereocenters. The Morgan fingerprint density at radius 2 is 1.93 bits per heavy atom. The molecule has 8 heteroatoms. The van der Waals surface area contributed by atoms with E-state index in [1.807, 2.05) is 33.2 Å². The van der Waals surface area contributed by atoms with Gasteiger partial charge in [0.25, 0.3) is 5.91 Å². The number of pyridine rings is 3. The van der Waals surface area contributed by atoms with Crippen LogP contribution in [0, 0.1) is 0 Å². The third kappa shape index (κ3) is 4.21. The number of aryl methyl sites for hydroxylation is 1. The Morgan fingerprint density at radius 1 is 1.07 bits per heavy atom. The lowest BCUT2D eigenvalue weighted by Crippen LogP contribution is -2.14. The molecule has 4 aromatic heterocycles. The van der Waals surface area contributed by atoms with Gasteiger partial charge in [0, 0.05) is 53.8 Å². The number of ether oxygens (including phenoxy) is 1. The van der Waals surface area contributed by atoms with Crippen molar-refractivity contribution in [3.63, 3.8) is 0 Å². The first-order chi connectivity index (χ1) is 14.0. The average Bonchev–Trinajstić information content (AvgIpc) is 3.13. The summed E-state index contributed by atoms with van der Waals surface area (Å²) >= 11 is 0. The molecule has 0 atom stereocenters. The Balaban J connectivity index is 1.58. The molecular formula is C21H20N6O2. The van der Waals surface area contributed by atoms with E-state index in [-0.39, 0.29) is 12.0 Å². The maximum absolute atomic E-state index is 12.6. The van der Waals surface area contributed by atoms with Gasteiger partial charge in [-0.2, -0.15) is 5.10 Å². The highest BCUT2D eigenvalue weighted by Gasteiger charge is 2.11. The van der Waals surface area contributed by atoms with E-state index in [0.717, 1.165) is 22.0 Å². The molecule has 0 spiro atoms. The van der Waals surface area contributed by atoms with E-state index >= 15 is 0 Å². The fourth-order valence-electron chi connectivity index (χ4n) is 2.87. The van der Waals surface area contributed by atoms with Crippen molar-refractivity contribution in [3.05, 3.63) is 60.8 Å².